The topological polar surface area (TPSA) is 83.4 Å². The average Bonchev–Trinajstić information content (AvgIpc) is 3.22. The fourth-order valence-corrected chi connectivity index (χ4v) is 5.02. The maximum absolute atomic E-state index is 12.8. The number of nitrogens with one attached hydrogen (secondary N) is 1. The summed E-state index contributed by atoms with van der Waals surface area (Å²) in [5, 5.41) is 12.3. The maximum atomic E-state index is 12.8. The molecule has 0 radical (unpaired) electrons. The summed E-state index contributed by atoms with van der Waals surface area (Å²) in [6, 6.07) is 18.0. The van der Waals surface area contributed by atoms with Gasteiger partial charge in [0.05, 0.1) is 18.8 Å². The molecule has 2 aromatic carbocycles. The minimum absolute atomic E-state index is 0.0191. The van der Waals surface area contributed by atoms with E-state index in [0.29, 0.717) is 45.0 Å². The molecule has 2 heterocycles. The molecule has 1 aliphatic heterocycles. The van der Waals surface area contributed by atoms with Gasteiger partial charge < -0.3 is 14.8 Å². The molecule has 4 rings (SSSR count). The summed E-state index contributed by atoms with van der Waals surface area (Å²) in [6.07, 6.45) is 0.872. The zero-order chi connectivity index (χ0) is 24.6. The van der Waals surface area contributed by atoms with Gasteiger partial charge in [0.2, 0.25) is 11.8 Å². The highest BCUT2D eigenvalue weighted by Gasteiger charge is 2.23. The molecule has 0 spiro atoms. The van der Waals surface area contributed by atoms with E-state index in [0.717, 1.165) is 28.7 Å². The van der Waals surface area contributed by atoms with E-state index in [1.165, 1.54) is 17.3 Å². The van der Waals surface area contributed by atoms with Gasteiger partial charge in [0, 0.05) is 31.9 Å². The van der Waals surface area contributed by atoms with Crippen molar-refractivity contribution in [2.24, 2.45) is 0 Å². The molecule has 2 amide bonds. The van der Waals surface area contributed by atoms with Gasteiger partial charge in [0.25, 0.3) is 0 Å². The Morgan fingerprint density at radius 3 is 2.43 bits per heavy atom. The number of hydrogen-bond donors (Lipinski definition) is 1. The summed E-state index contributed by atoms with van der Waals surface area (Å²) < 4.78 is 2.04. The summed E-state index contributed by atoms with van der Waals surface area (Å²) in [5.74, 6) is 1.22. The second-order valence-electron chi connectivity index (χ2n) is 8.61. The largest absolute Gasteiger partial charge is 0.339 e. The lowest BCUT2D eigenvalue weighted by molar-refractivity contribution is -0.130. The molecule has 0 saturated carbocycles. The van der Waals surface area contributed by atoms with Gasteiger partial charge in [-0.15, -0.1) is 10.2 Å². The second kappa shape index (κ2) is 12.0. The van der Waals surface area contributed by atoms with Gasteiger partial charge in [-0.25, -0.2) is 0 Å². The molecule has 8 nitrogen and oxygen atoms in total. The highest BCUT2D eigenvalue weighted by Crippen LogP contribution is 2.20. The zero-order valence-corrected chi connectivity index (χ0v) is 21.1. The molecule has 0 unspecified atom stereocenters. The number of piperazine rings is 1. The Labute approximate surface area is 210 Å². The Morgan fingerprint density at radius 2 is 1.69 bits per heavy atom. The predicted molar refractivity (Wildman–Crippen MR) is 138 cm³/mol. The van der Waals surface area contributed by atoms with Gasteiger partial charge >= 0.3 is 0 Å². The number of rotatable bonds is 9. The van der Waals surface area contributed by atoms with Gasteiger partial charge in [-0.2, -0.15) is 0 Å². The van der Waals surface area contributed by atoms with Crippen LogP contribution in [-0.4, -0.2) is 74.9 Å². The molecule has 1 aliphatic rings. The molecule has 9 heteroatoms. The van der Waals surface area contributed by atoms with E-state index in [1.807, 2.05) is 58.9 Å². The van der Waals surface area contributed by atoms with Crippen molar-refractivity contribution in [1.82, 2.24) is 24.6 Å². The van der Waals surface area contributed by atoms with Crippen LogP contribution in [0.25, 0.3) is 0 Å². The van der Waals surface area contributed by atoms with Crippen LogP contribution in [0.15, 0.2) is 59.8 Å². The maximum Gasteiger partial charge on any atom is 0.238 e. The number of para-hydroxylation sites is 1. The lowest BCUT2D eigenvalue weighted by Crippen LogP contribution is -2.50. The van der Waals surface area contributed by atoms with Crippen molar-refractivity contribution in [3.63, 3.8) is 0 Å². The van der Waals surface area contributed by atoms with Crippen LogP contribution < -0.4 is 5.32 Å². The molecular formula is C26H32N6O2S. The molecule has 0 aliphatic carbocycles. The predicted octanol–water partition coefficient (Wildman–Crippen LogP) is 3.07. The summed E-state index contributed by atoms with van der Waals surface area (Å²) in [4.78, 5) is 29.3. The normalized spacial score (nSPS) is 14.2. The quantitative estimate of drug-likeness (QED) is 0.462. The van der Waals surface area contributed by atoms with Gasteiger partial charge in [-0.3, -0.25) is 14.5 Å². The van der Waals surface area contributed by atoms with Crippen molar-refractivity contribution < 1.29 is 9.59 Å². The number of anilines is 1. The molecule has 1 saturated heterocycles. The Morgan fingerprint density at radius 1 is 0.971 bits per heavy atom. The van der Waals surface area contributed by atoms with Crippen molar-refractivity contribution in [2.75, 3.05) is 43.8 Å². The first-order valence-electron chi connectivity index (χ1n) is 12.0. The van der Waals surface area contributed by atoms with E-state index in [4.69, 9.17) is 0 Å². The Kier molecular flexibility index (Phi) is 8.54. The average molecular weight is 493 g/mol. The van der Waals surface area contributed by atoms with Crippen LogP contribution in [0.4, 0.5) is 5.69 Å². The van der Waals surface area contributed by atoms with E-state index in [2.05, 4.69) is 39.5 Å². The number of hydrogen-bond acceptors (Lipinski definition) is 6. The van der Waals surface area contributed by atoms with Gasteiger partial charge in [0.15, 0.2) is 5.16 Å². The highest BCUT2D eigenvalue weighted by molar-refractivity contribution is 7.99. The van der Waals surface area contributed by atoms with Crippen LogP contribution in [-0.2, 0) is 22.6 Å². The van der Waals surface area contributed by atoms with Crippen LogP contribution >= 0.6 is 11.8 Å². The molecule has 184 valence electrons. The zero-order valence-electron chi connectivity index (χ0n) is 20.3. The van der Waals surface area contributed by atoms with Crippen LogP contribution in [0.5, 0.6) is 0 Å². The van der Waals surface area contributed by atoms with Crippen LogP contribution in [0.2, 0.25) is 0 Å². The molecule has 1 fully saturated rings. The fourth-order valence-electron chi connectivity index (χ4n) is 4.13. The van der Waals surface area contributed by atoms with E-state index in [-0.39, 0.29) is 11.8 Å². The monoisotopic (exact) mass is 492 g/mol. The molecule has 0 atom stereocenters. The summed E-state index contributed by atoms with van der Waals surface area (Å²) in [6.45, 7) is 7.62. The first kappa shape index (κ1) is 24.9. The third-order valence-electron chi connectivity index (χ3n) is 6.17. The summed E-state index contributed by atoms with van der Waals surface area (Å²) >= 11 is 1.43. The van der Waals surface area contributed by atoms with Crippen LogP contribution in [0.1, 0.15) is 23.9 Å². The lowest BCUT2D eigenvalue weighted by atomic mass is 10.1. The van der Waals surface area contributed by atoms with Crippen LogP contribution in [0, 0.1) is 6.92 Å². The number of aryl methyl sites for hydroxylation is 2. The minimum Gasteiger partial charge on any atom is -0.339 e. The lowest BCUT2D eigenvalue weighted by Gasteiger charge is -2.34. The Balaban J connectivity index is 1.23. The van der Waals surface area contributed by atoms with E-state index >= 15 is 0 Å². The first-order chi connectivity index (χ1) is 17.0. The molecule has 35 heavy (non-hydrogen) atoms. The molecule has 1 N–H and O–H groups in total. The molecule has 3 aromatic rings. The molecule has 1 aromatic heterocycles. The summed E-state index contributed by atoms with van der Waals surface area (Å²) in [7, 11) is 0. The number of carbonyl (C=O) groups is 2. The first-order valence-corrected chi connectivity index (χ1v) is 13.0. The number of aromatic nitrogens is 3. The minimum atomic E-state index is -0.0191. The number of amides is 2. The van der Waals surface area contributed by atoms with E-state index in [9.17, 15) is 9.59 Å². The SMILES string of the molecule is CCc1ccccc1NC(=O)CN1CCN(C(=O)CSc2nnc(C)n2Cc2ccccc2)CC1. The smallest absolute Gasteiger partial charge is 0.238 e. The van der Waals surface area contributed by atoms with Gasteiger partial charge in [-0.1, -0.05) is 67.2 Å². The van der Waals surface area contributed by atoms with Gasteiger partial charge in [-0.05, 0) is 30.5 Å². The van der Waals surface area contributed by atoms with Crippen molar-refractivity contribution in [1.29, 1.82) is 0 Å². The van der Waals surface area contributed by atoms with Crippen molar-refractivity contribution >= 4 is 29.3 Å². The highest BCUT2D eigenvalue weighted by atomic mass is 32.2. The number of thioether (sulfide) groups is 1. The third kappa shape index (κ3) is 6.70. The van der Waals surface area contributed by atoms with Crippen molar-refractivity contribution in [3.05, 3.63) is 71.5 Å². The van der Waals surface area contributed by atoms with Gasteiger partial charge in [0.1, 0.15) is 5.82 Å². The van der Waals surface area contributed by atoms with E-state index in [1.54, 1.807) is 0 Å². The molecular weight excluding hydrogens is 460 g/mol. The van der Waals surface area contributed by atoms with E-state index < -0.39 is 0 Å². The Bertz CT molecular complexity index is 1140. The van der Waals surface area contributed by atoms with Crippen molar-refractivity contribution in [3.8, 4) is 0 Å². The number of nitrogens with zero attached hydrogens (tertiary/aromatic N) is 5. The number of benzene rings is 2. The second-order valence-corrected chi connectivity index (χ2v) is 9.55. The van der Waals surface area contributed by atoms with Crippen LogP contribution in [0.3, 0.4) is 0 Å². The third-order valence-corrected chi connectivity index (χ3v) is 7.13. The van der Waals surface area contributed by atoms with Crippen molar-refractivity contribution in [2.45, 2.75) is 32.0 Å². The standard InChI is InChI=1S/C26H32N6O2S/c1-3-22-11-7-8-12-23(22)27-24(33)18-30-13-15-31(16-14-30)25(34)19-35-26-29-28-20(2)32(26)17-21-9-5-4-6-10-21/h4-12H,3,13-19H2,1-2H3,(H,27,33). The Hall–Kier alpha value is -3.17. The molecule has 0 bridgehead atoms. The summed E-state index contributed by atoms with van der Waals surface area (Å²) in [5.41, 5.74) is 3.17. The fraction of sp³-hybridized carbons (Fsp3) is 0.385. The number of carbonyl (C=O) groups excluding carboxylic acids is 2.